The number of thiophene rings is 1. The molecule has 0 saturated carbocycles. The predicted octanol–water partition coefficient (Wildman–Crippen LogP) is 12.9. The van der Waals surface area contributed by atoms with Crippen LogP contribution in [0.4, 0.5) is 0 Å². The number of para-hydroxylation sites is 2. The molecule has 0 unspecified atom stereocenters. The molecule has 0 atom stereocenters. The molecule has 2 nitrogen and oxygen atoms in total. The lowest BCUT2D eigenvalue weighted by Crippen LogP contribution is -1.93. The highest BCUT2D eigenvalue weighted by atomic mass is 32.1. The van der Waals surface area contributed by atoms with E-state index in [2.05, 4.69) is 162 Å². The van der Waals surface area contributed by atoms with Crippen LogP contribution in [-0.4, -0.2) is 4.57 Å². The van der Waals surface area contributed by atoms with E-state index in [9.17, 15) is 0 Å². The first kappa shape index (κ1) is 26.3. The Bertz CT molecular complexity index is 2780. The van der Waals surface area contributed by atoms with Gasteiger partial charge < -0.3 is 8.98 Å². The maximum Gasteiger partial charge on any atom is 0.136 e. The summed E-state index contributed by atoms with van der Waals surface area (Å²) in [5.41, 5.74) is 12.6. The first-order valence-corrected chi connectivity index (χ1v) is 16.7. The highest BCUT2D eigenvalue weighted by Gasteiger charge is 2.20. The molecule has 3 heterocycles. The van der Waals surface area contributed by atoms with E-state index in [0.29, 0.717) is 0 Å². The van der Waals surface area contributed by atoms with Gasteiger partial charge in [0.1, 0.15) is 11.2 Å². The second-order valence-electron chi connectivity index (χ2n) is 12.1. The SMILES string of the molecule is c1ccc(-c2ccc3c(c2)oc2cc(-c4cccc(-c5cccc6sc7c8ccccc8n(-c8ccccc8)c7c56)c4)ccc23)cc1. The van der Waals surface area contributed by atoms with Gasteiger partial charge in [-0.2, -0.15) is 0 Å². The first-order chi connectivity index (χ1) is 23.3. The van der Waals surface area contributed by atoms with Gasteiger partial charge in [-0.15, -0.1) is 11.3 Å². The van der Waals surface area contributed by atoms with E-state index in [-0.39, 0.29) is 0 Å². The fraction of sp³-hybridized carbons (Fsp3) is 0. The zero-order chi connectivity index (χ0) is 30.9. The van der Waals surface area contributed by atoms with Gasteiger partial charge in [-0.25, -0.2) is 0 Å². The van der Waals surface area contributed by atoms with Gasteiger partial charge in [0.2, 0.25) is 0 Å². The summed E-state index contributed by atoms with van der Waals surface area (Å²) in [4.78, 5) is 0. The molecular formula is C44H27NOS. The van der Waals surface area contributed by atoms with Crippen molar-refractivity contribution in [2.24, 2.45) is 0 Å². The van der Waals surface area contributed by atoms with Crippen molar-refractivity contribution in [3.63, 3.8) is 0 Å². The summed E-state index contributed by atoms with van der Waals surface area (Å²) in [6.45, 7) is 0. The third kappa shape index (κ3) is 4.10. The molecule has 7 aromatic carbocycles. The second-order valence-corrected chi connectivity index (χ2v) is 13.2. The largest absolute Gasteiger partial charge is 0.456 e. The number of hydrogen-bond acceptors (Lipinski definition) is 2. The molecule has 0 amide bonds. The van der Waals surface area contributed by atoms with Crippen LogP contribution in [0.5, 0.6) is 0 Å². The Hall–Kier alpha value is -5.90. The number of rotatable bonds is 4. The van der Waals surface area contributed by atoms with Crippen LogP contribution in [0.2, 0.25) is 0 Å². The fourth-order valence-electron chi connectivity index (χ4n) is 7.23. The Balaban J connectivity index is 1.13. The normalized spacial score (nSPS) is 11.8. The van der Waals surface area contributed by atoms with E-state index in [1.165, 1.54) is 59.1 Å². The molecule has 0 spiro atoms. The van der Waals surface area contributed by atoms with Crippen molar-refractivity contribution in [2.45, 2.75) is 0 Å². The summed E-state index contributed by atoms with van der Waals surface area (Å²) < 4.78 is 11.5. The van der Waals surface area contributed by atoms with Crippen molar-refractivity contribution < 1.29 is 4.42 Å². The van der Waals surface area contributed by atoms with Crippen LogP contribution >= 0.6 is 11.3 Å². The molecule has 0 fully saturated rings. The molecule has 220 valence electrons. The fourth-order valence-corrected chi connectivity index (χ4v) is 8.48. The monoisotopic (exact) mass is 617 g/mol. The predicted molar refractivity (Wildman–Crippen MR) is 200 cm³/mol. The van der Waals surface area contributed by atoms with Crippen LogP contribution in [0, 0.1) is 0 Å². The molecule has 10 rings (SSSR count). The smallest absolute Gasteiger partial charge is 0.136 e. The Labute approximate surface area is 275 Å². The van der Waals surface area contributed by atoms with Crippen LogP contribution in [0.15, 0.2) is 168 Å². The van der Waals surface area contributed by atoms with E-state index in [1.54, 1.807) is 0 Å². The van der Waals surface area contributed by atoms with E-state index >= 15 is 0 Å². The Kier molecular flexibility index (Phi) is 5.78. The van der Waals surface area contributed by atoms with Gasteiger partial charge in [0, 0.05) is 31.9 Å². The first-order valence-electron chi connectivity index (χ1n) is 15.9. The van der Waals surface area contributed by atoms with Gasteiger partial charge in [-0.3, -0.25) is 0 Å². The number of aromatic nitrogens is 1. The molecule has 0 saturated heterocycles. The Morgan fingerprint density at radius 3 is 1.85 bits per heavy atom. The van der Waals surface area contributed by atoms with E-state index in [4.69, 9.17) is 4.42 Å². The zero-order valence-corrected chi connectivity index (χ0v) is 26.2. The average Bonchev–Trinajstić information content (AvgIpc) is 3.80. The molecule has 0 N–H and O–H groups in total. The molecule has 0 bridgehead atoms. The third-order valence-electron chi connectivity index (χ3n) is 9.41. The maximum atomic E-state index is 6.47. The minimum Gasteiger partial charge on any atom is -0.456 e. The highest BCUT2D eigenvalue weighted by molar-refractivity contribution is 7.26. The van der Waals surface area contributed by atoms with Crippen molar-refractivity contribution >= 4 is 64.5 Å². The summed E-state index contributed by atoms with van der Waals surface area (Å²) in [7, 11) is 0. The third-order valence-corrected chi connectivity index (χ3v) is 10.6. The Morgan fingerprint density at radius 1 is 0.447 bits per heavy atom. The summed E-state index contributed by atoms with van der Waals surface area (Å²) in [5.74, 6) is 0. The number of furan rings is 1. The van der Waals surface area contributed by atoms with Gasteiger partial charge in [-0.05, 0) is 88.0 Å². The van der Waals surface area contributed by atoms with Gasteiger partial charge in [0.25, 0.3) is 0 Å². The molecule has 3 aromatic heterocycles. The van der Waals surface area contributed by atoms with Crippen LogP contribution in [-0.2, 0) is 0 Å². The minimum atomic E-state index is 0.905. The van der Waals surface area contributed by atoms with Crippen LogP contribution in [0.3, 0.4) is 0 Å². The molecule has 0 radical (unpaired) electrons. The van der Waals surface area contributed by atoms with Gasteiger partial charge in [-0.1, -0.05) is 109 Å². The van der Waals surface area contributed by atoms with Crippen molar-refractivity contribution in [3.05, 3.63) is 164 Å². The standard InChI is InChI=1S/C44H27NOS/c1-3-11-28(12-4-1)30-21-23-35-36-24-22-31(27-40(36)46-39(35)26-30)29-13-9-14-32(25-29)34-18-10-20-41-42(34)43-44(47-41)37-17-7-8-19-38(37)45(43)33-15-5-2-6-16-33/h1-27H. The van der Waals surface area contributed by atoms with Crippen molar-refractivity contribution in [2.75, 3.05) is 0 Å². The molecular weight excluding hydrogens is 591 g/mol. The summed E-state index contributed by atoms with van der Waals surface area (Å²) in [6, 6.07) is 58.8. The number of nitrogens with zero attached hydrogens (tertiary/aromatic N) is 1. The van der Waals surface area contributed by atoms with Crippen molar-refractivity contribution in [3.8, 4) is 39.1 Å². The van der Waals surface area contributed by atoms with Gasteiger partial charge in [0.05, 0.1) is 15.7 Å². The van der Waals surface area contributed by atoms with Crippen LogP contribution < -0.4 is 0 Å². The van der Waals surface area contributed by atoms with E-state index in [0.717, 1.165) is 33.1 Å². The summed E-state index contributed by atoms with van der Waals surface area (Å²) >= 11 is 1.89. The second kappa shape index (κ2) is 10.3. The lowest BCUT2D eigenvalue weighted by Gasteiger charge is -2.11. The van der Waals surface area contributed by atoms with Crippen LogP contribution in [0.1, 0.15) is 0 Å². The average molecular weight is 618 g/mol. The van der Waals surface area contributed by atoms with Crippen molar-refractivity contribution in [1.82, 2.24) is 4.57 Å². The summed E-state index contributed by atoms with van der Waals surface area (Å²) in [6.07, 6.45) is 0. The van der Waals surface area contributed by atoms with Crippen LogP contribution in [0.25, 0.3) is 92.2 Å². The summed E-state index contributed by atoms with van der Waals surface area (Å²) in [5, 5.41) is 4.87. The molecule has 10 aromatic rings. The van der Waals surface area contributed by atoms with Gasteiger partial charge in [0.15, 0.2) is 0 Å². The quantitative estimate of drug-likeness (QED) is 0.192. The lowest BCUT2D eigenvalue weighted by molar-refractivity contribution is 0.669. The molecule has 47 heavy (non-hydrogen) atoms. The topological polar surface area (TPSA) is 18.1 Å². The molecule has 0 aliphatic carbocycles. The lowest BCUT2D eigenvalue weighted by atomic mass is 9.96. The zero-order valence-electron chi connectivity index (χ0n) is 25.4. The Morgan fingerprint density at radius 2 is 1.06 bits per heavy atom. The van der Waals surface area contributed by atoms with Crippen molar-refractivity contribution in [1.29, 1.82) is 0 Å². The number of fused-ring (bicyclic) bond motifs is 8. The molecule has 0 aliphatic heterocycles. The maximum absolute atomic E-state index is 6.47. The minimum absolute atomic E-state index is 0.905. The molecule has 0 aliphatic rings. The van der Waals surface area contributed by atoms with E-state index < -0.39 is 0 Å². The van der Waals surface area contributed by atoms with E-state index in [1.807, 2.05) is 17.4 Å². The highest BCUT2D eigenvalue weighted by Crippen LogP contribution is 2.46. The van der Waals surface area contributed by atoms with Gasteiger partial charge >= 0.3 is 0 Å². The number of benzene rings is 7. The number of hydrogen-bond donors (Lipinski definition) is 0. The molecule has 3 heteroatoms.